The minimum atomic E-state index is -0.530. The second-order valence-electron chi connectivity index (χ2n) is 7.53. The molecule has 0 amide bonds. The number of nitrogens with two attached hydrogens (primary N) is 1. The van der Waals surface area contributed by atoms with Crippen LogP contribution >= 0.6 is 11.6 Å². The smallest absolute Gasteiger partial charge is 0.273 e. The molecule has 0 fully saturated rings. The standard InChI is InChI=1S/C24H16ClFN6O/c1-28-22-14-6-4-3-5-12(14)9-18(26)21(22)23-16(11-29-32(23)2)13-7-15-19(10-27)30-31-24(33)20(15)17(25)8-13/h3-9,11H,10,27H2,2H3,(H,31,33). The number of aryl methyl sites for hydroxylation is 1. The van der Waals surface area contributed by atoms with E-state index >= 15 is 4.39 Å². The van der Waals surface area contributed by atoms with Crippen molar-refractivity contribution in [2.24, 2.45) is 12.8 Å². The Morgan fingerprint density at radius 3 is 2.79 bits per heavy atom. The molecule has 33 heavy (non-hydrogen) atoms. The monoisotopic (exact) mass is 458 g/mol. The van der Waals surface area contributed by atoms with Gasteiger partial charge in [-0.3, -0.25) is 9.48 Å². The fourth-order valence-electron chi connectivity index (χ4n) is 4.19. The van der Waals surface area contributed by atoms with E-state index in [4.69, 9.17) is 23.9 Å². The summed E-state index contributed by atoms with van der Waals surface area (Å²) in [6.45, 7) is 7.87. The molecule has 3 N–H and O–H groups in total. The SMILES string of the molecule is [C-]#[N+]c1c(-c2c(-c3cc(Cl)c4c(=O)[nH]nc(CN)c4c3)cnn2C)c(F)cc2ccccc12. The van der Waals surface area contributed by atoms with Crippen LogP contribution in [0.5, 0.6) is 0 Å². The van der Waals surface area contributed by atoms with Gasteiger partial charge in [-0.1, -0.05) is 35.9 Å². The molecule has 5 aromatic rings. The number of aromatic nitrogens is 4. The summed E-state index contributed by atoms with van der Waals surface area (Å²) in [5.41, 5.74) is 7.78. The minimum absolute atomic E-state index is 0.0914. The zero-order valence-corrected chi connectivity index (χ0v) is 18.1. The van der Waals surface area contributed by atoms with Crippen LogP contribution in [0.25, 0.3) is 48.8 Å². The molecule has 0 saturated heterocycles. The third-order valence-electron chi connectivity index (χ3n) is 5.69. The van der Waals surface area contributed by atoms with Gasteiger partial charge in [0, 0.05) is 30.1 Å². The molecule has 2 heterocycles. The zero-order valence-electron chi connectivity index (χ0n) is 17.4. The normalized spacial score (nSPS) is 11.2. The fraction of sp³-hybridized carbons (Fsp3) is 0.0833. The number of aromatic amines is 1. The van der Waals surface area contributed by atoms with Gasteiger partial charge in [-0.25, -0.2) is 14.3 Å². The van der Waals surface area contributed by atoms with E-state index in [0.29, 0.717) is 38.7 Å². The van der Waals surface area contributed by atoms with Gasteiger partial charge in [-0.05, 0) is 34.5 Å². The first-order valence-corrected chi connectivity index (χ1v) is 10.3. The predicted octanol–water partition coefficient (Wildman–Crippen LogP) is 4.95. The van der Waals surface area contributed by atoms with Crippen molar-refractivity contribution in [1.82, 2.24) is 20.0 Å². The summed E-state index contributed by atoms with van der Waals surface area (Å²) in [4.78, 5) is 16.0. The number of nitrogens with one attached hydrogen (secondary N) is 1. The molecule has 0 bridgehead atoms. The number of nitrogens with zero attached hydrogens (tertiary/aromatic N) is 4. The van der Waals surface area contributed by atoms with E-state index in [1.807, 2.05) is 6.07 Å². The van der Waals surface area contributed by atoms with Crippen molar-refractivity contribution in [2.45, 2.75) is 6.54 Å². The maximum atomic E-state index is 15.4. The van der Waals surface area contributed by atoms with Crippen molar-refractivity contribution < 1.29 is 4.39 Å². The summed E-state index contributed by atoms with van der Waals surface area (Å²) in [5, 5.41) is 13.0. The summed E-state index contributed by atoms with van der Waals surface area (Å²) in [6.07, 6.45) is 1.58. The highest BCUT2D eigenvalue weighted by molar-refractivity contribution is 6.36. The van der Waals surface area contributed by atoms with Crippen LogP contribution in [0.15, 0.2) is 53.5 Å². The number of benzene rings is 3. The van der Waals surface area contributed by atoms with E-state index in [-0.39, 0.29) is 28.2 Å². The Hall–Kier alpha value is -4.06. The Bertz CT molecular complexity index is 1680. The Morgan fingerprint density at radius 1 is 1.24 bits per heavy atom. The summed E-state index contributed by atoms with van der Waals surface area (Å²) in [5.74, 6) is -0.530. The van der Waals surface area contributed by atoms with Gasteiger partial charge in [0.15, 0.2) is 0 Å². The summed E-state index contributed by atoms with van der Waals surface area (Å²) in [7, 11) is 1.68. The molecule has 0 spiro atoms. The third-order valence-corrected chi connectivity index (χ3v) is 5.98. The summed E-state index contributed by atoms with van der Waals surface area (Å²) in [6, 6.07) is 11.9. The largest absolute Gasteiger partial charge is 0.325 e. The molecule has 3 aromatic carbocycles. The lowest BCUT2D eigenvalue weighted by Crippen LogP contribution is -2.13. The van der Waals surface area contributed by atoms with Gasteiger partial charge in [0.1, 0.15) is 5.82 Å². The highest BCUT2D eigenvalue weighted by Gasteiger charge is 2.23. The lowest BCUT2D eigenvalue weighted by atomic mass is 9.95. The highest BCUT2D eigenvalue weighted by atomic mass is 35.5. The van der Waals surface area contributed by atoms with Crippen molar-refractivity contribution >= 4 is 38.8 Å². The van der Waals surface area contributed by atoms with Crippen LogP contribution in [0.4, 0.5) is 10.1 Å². The molecule has 2 aromatic heterocycles. The number of fused-ring (bicyclic) bond motifs is 2. The van der Waals surface area contributed by atoms with Gasteiger partial charge in [-0.15, -0.1) is 0 Å². The highest BCUT2D eigenvalue weighted by Crippen LogP contribution is 2.43. The summed E-state index contributed by atoms with van der Waals surface area (Å²) < 4.78 is 17.0. The quantitative estimate of drug-likeness (QED) is 0.374. The Balaban J connectivity index is 1.85. The van der Waals surface area contributed by atoms with E-state index in [1.54, 1.807) is 43.6 Å². The van der Waals surface area contributed by atoms with Gasteiger partial charge in [0.05, 0.1) is 34.6 Å². The van der Waals surface area contributed by atoms with Gasteiger partial charge in [-0.2, -0.15) is 10.2 Å². The van der Waals surface area contributed by atoms with Crippen molar-refractivity contribution in [3.8, 4) is 22.4 Å². The molecule has 7 nitrogen and oxygen atoms in total. The molecule has 0 aliphatic heterocycles. The van der Waals surface area contributed by atoms with Crippen molar-refractivity contribution in [3.05, 3.63) is 87.0 Å². The van der Waals surface area contributed by atoms with Crippen LogP contribution in [-0.2, 0) is 13.6 Å². The molecule has 0 saturated carbocycles. The fourth-order valence-corrected chi connectivity index (χ4v) is 4.50. The van der Waals surface area contributed by atoms with Crippen LogP contribution in [0, 0.1) is 12.4 Å². The first-order chi connectivity index (χ1) is 15.9. The van der Waals surface area contributed by atoms with E-state index < -0.39 is 11.4 Å². The number of hydrogen-bond donors (Lipinski definition) is 2. The molecule has 0 unspecified atom stereocenters. The molecule has 0 aliphatic rings. The second-order valence-corrected chi connectivity index (χ2v) is 7.94. The molecule has 162 valence electrons. The third kappa shape index (κ3) is 3.18. The Labute approximate surface area is 192 Å². The van der Waals surface area contributed by atoms with Gasteiger partial charge in [0.2, 0.25) is 5.69 Å². The van der Waals surface area contributed by atoms with Crippen LogP contribution < -0.4 is 11.3 Å². The van der Waals surface area contributed by atoms with Crippen LogP contribution in [0.2, 0.25) is 5.02 Å². The lowest BCUT2D eigenvalue weighted by Gasteiger charge is -2.13. The minimum Gasteiger partial charge on any atom is -0.325 e. The number of H-pyrrole nitrogens is 1. The van der Waals surface area contributed by atoms with E-state index in [0.717, 1.165) is 0 Å². The molecule has 0 aliphatic carbocycles. The maximum absolute atomic E-state index is 15.4. The van der Waals surface area contributed by atoms with Gasteiger partial charge < -0.3 is 5.73 Å². The van der Waals surface area contributed by atoms with Crippen LogP contribution in [-0.4, -0.2) is 20.0 Å². The second kappa shape index (κ2) is 7.81. The van der Waals surface area contributed by atoms with Crippen LogP contribution in [0.1, 0.15) is 5.69 Å². The number of halogens is 2. The molecular formula is C24H16ClFN6O. The first kappa shape index (κ1) is 20.8. The molecular weight excluding hydrogens is 443 g/mol. The predicted molar refractivity (Wildman–Crippen MR) is 127 cm³/mol. The van der Waals surface area contributed by atoms with Gasteiger partial charge in [0.25, 0.3) is 5.56 Å². The van der Waals surface area contributed by atoms with Gasteiger partial charge >= 0.3 is 0 Å². The zero-order chi connectivity index (χ0) is 23.3. The summed E-state index contributed by atoms with van der Waals surface area (Å²) >= 11 is 6.48. The number of rotatable bonds is 3. The molecule has 0 atom stereocenters. The average Bonchev–Trinajstić information content (AvgIpc) is 3.18. The maximum Gasteiger partial charge on any atom is 0.273 e. The molecule has 5 rings (SSSR count). The molecule has 9 heteroatoms. The average molecular weight is 459 g/mol. The van der Waals surface area contributed by atoms with E-state index in [9.17, 15) is 4.79 Å². The van der Waals surface area contributed by atoms with E-state index in [2.05, 4.69) is 20.1 Å². The topological polar surface area (TPSA) is 93.9 Å². The Kier molecular flexibility index (Phi) is 4.93. The van der Waals surface area contributed by atoms with Crippen molar-refractivity contribution in [2.75, 3.05) is 0 Å². The first-order valence-electron chi connectivity index (χ1n) is 9.97. The van der Waals surface area contributed by atoms with E-state index in [1.165, 1.54) is 10.7 Å². The van der Waals surface area contributed by atoms with Crippen molar-refractivity contribution in [1.29, 1.82) is 0 Å². The Morgan fingerprint density at radius 2 is 2.03 bits per heavy atom. The van der Waals surface area contributed by atoms with Crippen molar-refractivity contribution in [3.63, 3.8) is 0 Å². The lowest BCUT2D eigenvalue weighted by molar-refractivity contribution is 0.630. The van der Waals surface area contributed by atoms with Crippen LogP contribution in [0.3, 0.4) is 0 Å². The number of hydrogen-bond acceptors (Lipinski definition) is 4. The molecule has 0 radical (unpaired) electrons.